The third-order valence-corrected chi connectivity index (χ3v) is 1.62. The van der Waals surface area contributed by atoms with Gasteiger partial charge in [-0.05, 0) is 0 Å². The van der Waals surface area contributed by atoms with Crippen LogP contribution in [0.5, 0.6) is 0 Å². The minimum atomic E-state index is -0.232. The summed E-state index contributed by atoms with van der Waals surface area (Å²) < 4.78 is 5.42. The number of hydrogen-bond donors (Lipinski definition) is 1. The fourth-order valence-electron chi connectivity index (χ4n) is 0.706. The molecule has 0 atom stereocenters. The summed E-state index contributed by atoms with van der Waals surface area (Å²) >= 11 is 4.80. The summed E-state index contributed by atoms with van der Waals surface area (Å²) in [6, 6.07) is 0. The van der Waals surface area contributed by atoms with Gasteiger partial charge in [0.05, 0.1) is 11.9 Å². The SMILES string of the molecule is CCC(=O)OCc1c[nH]c(=S)cn1. The number of rotatable bonds is 3. The standard InChI is InChI=1S/C8H10N2O2S/c1-2-8(11)12-5-6-3-10-7(13)4-9-6/h3-4H,2,5H2,1H3,(H,10,13). The molecular formula is C8H10N2O2S. The third-order valence-electron chi connectivity index (χ3n) is 1.40. The van der Waals surface area contributed by atoms with Crippen LogP contribution in [0.1, 0.15) is 19.0 Å². The van der Waals surface area contributed by atoms with Gasteiger partial charge in [-0.25, -0.2) is 0 Å². The molecule has 1 aromatic rings. The van der Waals surface area contributed by atoms with Gasteiger partial charge in [-0.2, -0.15) is 0 Å². The molecule has 0 aliphatic heterocycles. The van der Waals surface area contributed by atoms with Crippen molar-refractivity contribution in [1.82, 2.24) is 9.97 Å². The number of H-pyrrole nitrogens is 1. The van der Waals surface area contributed by atoms with E-state index in [1.807, 2.05) is 0 Å². The highest BCUT2D eigenvalue weighted by atomic mass is 32.1. The summed E-state index contributed by atoms with van der Waals surface area (Å²) in [5.74, 6) is -0.232. The van der Waals surface area contributed by atoms with Crippen molar-refractivity contribution in [3.63, 3.8) is 0 Å². The molecule has 0 fully saturated rings. The number of esters is 1. The molecule has 1 aromatic heterocycles. The Kier molecular flexibility index (Phi) is 3.57. The van der Waals surface area contributed by atoms with E-state index in [9.17, 15) is 4.79 Å². The van der Waals surface area contributed by atoms with Gasteiger partial charge >= 0.3 is 5.97 Å². The molecule has 0 aliphatic rings. The molecule has 0 aromatic carbocycles. The normalized spacial score (nSPS) is 9.62. The Bertz CT molecular complexity index is 328. The number of nitrogens with zero attached hydrogens (tertiary/aromatic N) is 1. The smallest absolute Gasteiger partial charge is 0.305 e. The zero-order chi connectivity index (χ0) is 9.68. The van der Waals surface area contributed by atoms with Crippen molar-refractivity contribution in [2.24, 2.45) is 0 Å². The number of aromatic amines is 1. The van der Waals surface area contributed by atoms with Crippen molar-refractivity contribution >= 4 is 18.2 Å². The van der Waals surface area contributed by atoms with Gasteiger partial charge < -0.3 is 9.72 Å². The summed E-state index contributed by atoms with van der Waals surface area (Å²) in [6.07, 6.45) is 3.53. The van der Waals surface area contributed by atoms with Crippen LogP contribution in [0.4, 0.5) is 0 Å². The maximum atomic E-state index is 10.8. The average Bonchev–Trinajstić information content (AvgIpc) is 2.16. The number of nitrogens with one attached hydrogen (secondary N) is 1. The number of hydrogen-bond acceptors (Lipinski definition) is 4. The van der Waals surface area contributed by atoms with E-state index >= 15 is 0 Å². The van der Waals surface area contributed by atoms with Crippen molar-refractivity contribution < 1.29 is 9.53 Å². The summed E-state index contributed by atoms with van der Waals surface area (Å²) in [7, 11) is 0. The fraction of sp³-hybridized carbons (Fsp3) is 0.375. The lowest BCUT2D eigenvalue weighted by atomic mass is 10.4. The first kappa shape index (κ1) is 9.85. The molecule has 0 aliphatic carbocycles. The first-order valence-corrected chi connectivity index (χ1v) is 4.32. The minimum absolute atomic E-state index is 0.193. The van der Waals surface area contributed by atoms with E-state index < -0.39 is 0 Å². The monoisotopic (exact) mass is 198 g/mol. The van der Waals surface area contributed by atoms with E-state index in [-0.39, 0.29) is 12.6 Å². The predicted octanol–water partition coefficient (Wildman–Crippen LogP) is 1.59. The van der Waals surface area contributed by atoms with Gasteiger partial charge in [0.15, 0.2) is 0 Å². The highest BCUT2D eigenvalue weighted by Crippen LogP contribution is 1.96. The molecule has 1 rings (SSSR count). The molecule has 4 nitrogen and oxygen atoms in total. The van der Waals surface area contributed by atoms with E-state index in [4.69, 9.17) is 17.0 Å². The Morgan fingerprint density at radius 1 is 1.77 bits per heavy atom. The molecule has 0 amide bonds. The number of ether oxygens (including phenoxy) is 1. The molecule has 0 spiro atoms. The summed E-state index contributed by atoms with van der Waals surface area (Å²) in [4.78, 5) is 17.5. The lowest BCUT2D eigenvalue weighted by Crippen LogP contribution is -2.03. The van der Waals surface area contributed by atoms with E-state index in [0.717, 1.165) is 0 Å². The Balaban J connectivity index is 2.50. The lowest BCUT2D eigenvalue weighted by molar-refractivity contribution is -0.144. The van der Waals surface area contributed by atoms with Gasteiger partial charge in [0.2, 0.25) is 0 Å². The predicted molar refractivity (Wildman–Crippen MR) is 49.5 cm³/mol. The number of carbonyl (C=O) groups excluding carboxylic acids is 1. The van der Waals surface area contributed by atoms with Crippen molar-refractivity contribution in [1.29, 1.82) is 0 Å². The first-order chi connectivity index (χ1) is 6.22. The van der Waals surface area contributed by atoms with Crippen LogP contribution in [0.2, 0.25) is 0 Å². The van der Waals surface area contributed by atoms with Gasteiger partial charge in [-0.15, -0.1) is 0 Å². The van der Waals surface area contributed by atoms with Gasteiger partial charge in [-0.1, -0.05) is 19.1 Å². The molecule has 0 saturated heterocycles. The summed E-state index contributed by atoms with van der Waals surface area (Å²) in [6.45, 7) is 1.94. The zero-order valence-corrected chi connectivity index (χ0v) is 8.06. The van der Waals surface area contributed by atoms with Gasteiger partial charge in [-0.3, -0.25) is 9.78 Å². The topological polar surface area (TPSA) is 55.0 Å². The zero-order valence-electron chi connectivity index (χ0n) is 7.24. The maximum absolute atomic E-state index is 10.8. The van der Waals surface area contributed by atoms with E-state index in [1.165, 1.54) is 6.20 Å². The highest BCUT2D eigenvalue weighted by Gasteiger charge is 1.99. The minimum Gasteiger partial charge on any atom is -0.459 e. The molecule has 5 heteroatoms. The second kappa shape index (κ2) is 4.71. The summed E-state index contributed by atoms with van der Waals surface area (Å²) in [5, 5.41) is 0. The van der Waals surface area contributed by atoms with Crippen molar-refractivity contribution in [3.05, 3.63) is 22.7 Å². The van der Waals surface area contributed by atoms with Crippen LogP contribution in [0.15, 0.2) is 12.4 Å². The van der Waals surface area contributed by atoms with Crippen LogP contribution in [0.25, 0.3) is 0 Å². The molecule has 13 heavy (non-hydrogen) atoms. The Morgan fingerprint density at radius 2 is 2.54 bits per heavy atom. The van der Waals surface area contributed by atoms with E-state index in [1.54, 1.807) is 13.1 Å². The lowest BCUT2D eigenvalue weighted by Gasteiger charge is -2.01. The molecule has 0 saturated carbocycles. The molecule has 0 unspecified atom stereocenters. The molecule has 0 bridgehead atoms. The van der Waals surface area contributed by atoms with Crippen LogP contribution in [0, 0.1) is 4.64 Å². The first-order valence-electron chi connectivity index (χ1n) is 3.91. The largest absolute Gasteiger partial charge is 0.459 e. The van der Waals surface area contributed by atoms with Crippen LogP contribution < -0.4 is 0 Å². The second-order valence-corrected chi connectivity index (χ2v) is 2.86. The highest BCUT2D eigenvalue weighted by molar-refractivity contribution is 7.71. The van der Waals surface area contributed by atoms with Crippen molar-refractivity contribution in [2.75, 3.05) is 0 Å². The third kappa shape index (κ3) is 3.33. The fourth-order valence-corrected chi connectivity index (χ4v) is 0.818. The average molecular weight is 198 g/mol. The molecule has 0 radical (unpaired) electrons. The van der Waals surface area contributed by atoms with Gasteiger partial charge in [0, 0.05) is 12.6 Å². The molecule has 1 heterocycles. The molecule has 1 N–H and O–H groups in total. The van der Waals surface area contributed by atoms with E-state index in [2.05, 4.69) is 9.97 Å². The van der Waals surface area contributed by atoms with Crippen molar-refractivity contribution in [3.8, 4) is 0 Å². The van der Waals surface area contributed by atoms with Crippen LogP contribution >= 0.6 is 12.2 Å². The maximum Gasteiger partial charge on any atom is 0.305 e. The Hall–Kier alpha value is -1.23. The van der Waals surface area contributed by atoms with Crippen molar-refractivity contribution in [2.45, 2.75) is 20.0 Å². The Morgan fingerprint density at radius 3 is 3.08 bits per heavy atom. The molecular weight excluding hydrogens is 188 g/mol. The summed E-state index contributed by atoms with van der Waals surface area (Å²) in [5.41, 5.74) is 0.662. The van der Waals surface area contributed by atoms with Crippen LogP contribution in [-0.2, 0) is 16.1 Å². The Labute approximate surface area is 81.0 Å². The van der Waals surface area contributed by atoms with E-state index in [0.29, 0.717) is 16.8 Å². The number of carbonyl (C=O) groups is 1. The van der Waals surface area contributed by atoms with Gasteiger partial charge in [0.25, 0.3) is 0 Å². The molecule has 70 valence electrons. The second-order valence-electron chi connectivity index (χ2n) is 2.42. The quantitative estimate of drug-likeness (QED) is 0.592. The van der Waals surface area contributed by atoms with Crippen LogP contribution in [0.3, 0.4) is 0 Å². The number of aromatic nitrogens is 2. The van der Waals surface area contributed by atoms with Crippen LogP contribution in [-0.4, -0.2) is 15.9 Å². The van der Waals surface area contributed by atoms with Gasteiger partial charge in [0.1, 0.15) is 11.2 Å².